The van der Waals surface area contributed by atoms with Crippen LogP contribution in [-0.2, 0) is 15.2 Å². The quantitative estimate of drug-likeness (QED) is 0.152. The Morgan fingerprint density at radius 1 is 1.26 bits per heavy atom. The number of ether oxygens (including phenoxy) is 3. The van der Waals surface area contributed by atoms with Crippen molar-refractivity contribution in [3.05, 3.63) is 82.2 Å². The third-order valence-corrected chi connectivity index (χ3v) is 7.95. The summed E-state index contributed by atoms with van der Waals surface area (Å²) in [5.41, 5.74) is 8.05. The Kier molecular flexibility index (Phi) is 8.56. The van der Waals surface area contributed by atoms with Crippen LogP contribution in [0.15, 0.2) is 52.9 Å². The van der Waals surface area contributed by atoms with E-state index < -0.39 is 17.4 Å². The maximum absolute atomic E-state index is 14.0. The van der Waals surface area contributed by atoms with E-state index in [9.17, 15) is 14.0 Å². The number of aromatic nitrogens is 2. The highest BCUT2D eigenvalue weighted by Gasteiger charge is 2.33. The highest BCUT2D eigenvalue weighted by atomic mass is 32.2. The molecule has 1 aliphatic heterocycles. The lowest BCUT2D eigenvalue weighted by molar-refractivity contribution is -0.141. The van der Waals surface area contributed by atoms with Gasteiger partial charge in [0.2, 0.25) is 5.69 Å². The maximum atomic E-state index is 14.0. The van der Waals surface area contributed by atoms with Gasteiger partial charge in [0, 0.05) is 16.7 Å². The number of rotatable bonds is 9. The molecule has 214 valence electrons. The first-order valence-corrected chi connectivity index (χ1v) is 14.5. The van der Waals surface area contributed by atoms with E-state index in [1.165, 1.54) is 35.2 Å². The molecule has 0 aliphatic carbocycles. The van der Waals surface area contributed by atoms with Gasteiger partial charge in [0.15, 0.2) is 22.6 Å². The smallest absolute Gasteiger partial charge is 0.236 e. The molecule has 9 nitrogen and oxygen atoms in total. The van der Waals surface area contributed by atoms with Crippen LogP contribution in [-0.4, -0.2) is 35.1 Å². The minimum absolute atomic E-state index is 0.00466. The molecule has 1 aliphatic rings. The zero-order valence-electron chi connectivity index (χ0n) is 22.5. The second-order valence-electron chi connectivity index (χ2n) is 9.57. The fourth-order valence-corrected chi connectivity index (χ4v) is 5.93. The summed E-state index contributed by atoms with van der Waals surface area (Å²) in [6.45, 7) is 12.1. The Morgan fingerprint density at radius 3 is 2.74 bits per heavy atom. The van der Waals surface area contributed by atoms with Crippen LogP contribution in [0.25, 0.3) is 16.0 Å². The first kappa shape index (κ1) is 29.2. The number of hydrogen-bond acceptors (Lipinski definition) is 10. The van der Waals surface area contributed by atoms with Crippen LogP contribution >= 0.6 is 23.1 Å². The fourth-order valence-electron chi connectivity index (χ4n) is 4.21. The summed E-state index contributed by atoms with van der Waals surface area (Å²) in [5, 5.41) is 15.4. The van der Waals surface area contributed by atoms with E-state index in [1.807, 2.05) is 13.8 Å². The molecular weight excluding hydrogens is 582 g/mol. The third-order valence-electron chi connectivity index (χ3n) is 6.14. The number of thioether (sulfide) groups is 1. The molecule has 0 saturated carbocycles. The van der Waals surface area contributed by atoms with Crippen LogP contribution in [0.3, 0.4) is 0 Å². The fraction of sp³-hybridized carbons (Fsp3) is 0.241. The monoisotopic (exact) mass is 606 g/mol. The number of pyridine rings is 1. The molecular formula is C29H24F2N6O3S2. The van der Waals surface area contributed by atoms with Crippen LogP contribution in [0, 0.1) is 29.5 Å². The van der Waals surface area contributed by atoms with Crippen molar-refractivity contribution in [2.45, 2.75) is 36.5 Å². The number of nitrogens with one attached hydrogen (secondary N) is 1. The Labute approximate surface area is 249 Å². The molecule has 42 heavy (non-hydrogen) atoms. The lowest BCUT2D eigenvalue weighted by Gasteiger charge is -2.17. The molecule has 0 amide bonds. The van der Waals surface area contributed by atoms with Crippen LogP contribution in [0.2, 0.25) is 0 Å². The highest BCUT2D eigenvalue weighted by Crippen LogP contribution is 2.42. The summed E-state index contributed by atoms with van der Waals surface area (Å²) in [7, 11) is 0. The topological polar surface area (TPSA) is 120 Å². The van der Waals surface area contributed by atoms with E-state index in [2.05, 4.69) is 26.2 Å². The van der Waals surface area contributed by atoms with Gasteiger partial charge in [0.05, 0.1) is 30.1 Å². The van der Waals surface area contributed by atoms with Crippen molar-refractivity contribution < 1.29 is 23.0 Å². The normalized spacial score (nSPS) is 15.6. The van der Waals surface area contributed by atoms with E-state index in [1.54, 1.807) is 29.6 Å². The van der Waals surface area contributed by atoms with Crippen molar-refractivity contribution in [3.8, 4) is 22.9 Å². The number of nitrogens with zero attached hydrogens (tertiary/aromatic N) is 4. The van der Waals surface area contributed by atoms with Gasteiger partial charge in [-0.05, 0) is 43.7 Å². The maximum Gasteiger partial charge on any atom is 0.236 e. The second kappa shape index (κ2) is 12.3. The SMILES string of the molecule is [C-]#[N+]c1c(N)nc(SCc2csc(Nc3cccc(F)c3F)n2)c(C#N)c1-c1ccc(OC[C@@H]2COC(C)(C)O2)cc1. The predicted octanol–water partition coefficient (Wildman–Crippen LogP) is 7.05. The van der Waals surface area contributed by atoms with Gasteiger partial charge in [0.25, 0.3) is 0 Å². The molecule has 0 unspecified atom stereocenters. The van der Waals surface area contributed by atoms with Crippen LogP contribution < -0.4 is 15.8 Å². The van der Waals surface area contributed by atoms with Gasteiger partial charge in [-0.25, -0.2) is 23.6 Å². The van der Waals surface area contributed by atoms with Crippen molar-refractivity contribution in [2.24, 2.45) is 0 Å². The molecule has 1 fully saturated rings. The first-order valence-electron chi connectivity index (χ1n) is 12.6. The van der Waals surface area contributed by atoms with Crippen LogP contribution in [0.5, 0.6) is 5.75 Å². The van der Waals surface area contributed by atoms with Crippen molar-refractivity contribution in [3.63, 3.8) is 0 Å². The summed E-state index contributed by atoms with van der Waals surface area (Å²) in [4.78, 5) is 12.3. The Balaban J connectivity index is 1.32. The highest BCUT2D eigenvalue weighted by molar-refractivity contribution is 7.98. The Morgan fingerprint density at radius 2 is 2.05 bits per heavy atom. The summed E-state index contributed by atoms with van der Waals surface area (Å²) in [5.74, 6) is -1.67. The molecule has 4 aromatic rings. The van der Waals surface area contributed by atoms with Gasteiger partial charge in [0.1, 0.15) is 35.4 Å². The Bertz CT molecular complexity index is 1700. The van der Waals surface area contributed by atoms with Crippen molar-refractivity contribution >= 4 is 45.4 Å². The Hall–Kier alpha value is -4.27. The van der Waals surface area contributed by atoms with Gasteiger partial charge in [-0.2, -0.15) is 5.26 Å². The number of nitrogen functional groups attached to an aromatic ring is 1. The number of benzene rings is 2. The lowest BCUT2D eigenvalue weighted by Crippen LogP contribution is -2.25. The molecule has 3 heterocycles. The minimum Gasteiger partial charge on any atom is -0.491 e. The average molecular weight is 607 g/mol. The van der Waals surface area contributed by atoms with Crippen molar-refractivity contribution in [2.75, 3.05) is 24.3 Å². The van der Waals surface area contributed by atoms with Crippen LogP contribution in [0.4, 0.5) is 31.1 Å². The van der Waals surface area contributed by atoms with E-state index in [0.29, 0.717) is 51.7 Å². The molecule has 13 heteroatoms. The van der Waals surface area contributed by atoms with E-state index >= 15 is 0 Å². The minimum atomic E-state index is -0.990. The molecule has 5 rings (SSSR count). The lowest BCUT2D eigenvalue weighted by atomic mass is 10.00. The molecule has 2 aromatic carbocycles. The molecule has 0 bridgehead atoms. The average Bonchev–Trinajstić information content (AvgIpc) is 3.58. The summed E-state index contributed by atoms with van der Waals surface area (Å²) in [6.07, 6.45) is -0.190. The molecule has 2 aromatic heterocycles. The number of anilines is 3. The molecule has 3 N–H and O–H groups in total. The standard InChI is InChI=1S/C29H24F2N6O3S2/c1-29(2)39-13-19(40-29)12-38-18-9-7-16(8-10-18)23-20(11-32)27(37-26(33)25(23)34-3)41-14-17-15-42-28(35-17)36-22-6-4-5-21(30)24(22)31/h4-10,15,19H,12-14H2,1-2H3,(H2,33,37)(H,35,36)/t19-/m1/s1. The summed E-state index contributed by atoms with van der Waals surface area (Å²) >= 11 is 2.46. The van der Waals surface area contributed by atoms with Gasteiger partial charge >= 0.3 is 0 Å². The van der Waals surface area contributed by atoms with Crippen molar-refractivity contribution in [1.29, 1.82) is 5.26 Å². The molecule has 0 radical (unpaired) electrons. The zero-order chi connectivity index (χ0) is 29.9. The van der Waals surface area contributed by atoms with Crippen LogP contribution in [0.1, 0.15) is 25.1 Å². The summed E-state index contributed by atoms with van der Waals surface area (Å²) < 4.78 is 44.7. The van der Waals surface area contributed by atoms with E-state index in [0.717, 1.165) is 6.07 Å². The largest absolute Gasteiger partial charge is 0.491 e. The number of halogens is 2. The molecule has 1 atom stereocenters. The van der Waals surface area contributed by atoms with Gasteiger partial charge in [-0.1, -0.05) is 30.0 Å². The molecule has 1 saturated heterocycles. The number of nitrogens with two attached hydrogens (primary N) is 1. The third kappa shape index (κ3) is 6.45. The van der Waals surface area contributed by atoms with E-state index in [-0.39, 0.29) is 28.9 Å². The second-order valence-corrected chi connectivity index (χ2v) is 11.4. The summed E-state index contributed by atoms with van der Waals surface area (Å²) in [6, 6.07) is 13.1. The number of thiazole rings is 1. The van der Waals surface area contributed by atoms with Gasteiger partial charge < -0.3 is 25.3 Å². The first-order chi connectivity index (χ1) is 20.2. The van der Waals surface area contributed by atoms with Gasteiger partial charge in [-0.3, -0.25) is 0 Å². The number of hydrogen-bond donors (Lipinski definition) is 2. The van der Waals surface area contributed by atoms with Crippen molar-refractivity contribution in [1.82, 2.24) is 9.97 Å². The zero-order valence-corrected chi connectivity index (χ0v) is 24.1. The molecule has 0 spiro atoms. The van der Waals surface area contributed by atoms with E-state index in [4.69, 9.17) is 26.5 Å². The number of nitriles is 1. The van der Waals surface area contributed by atoms with Gasteiger partial charge in [-0.15, -0.1) is 11.3 Å². The predicted molar refractivity (Wildman–Crippen MR) is 157 cm³/mol.